The number of phenols is 1. The first kappa shape index (κ1) is 13.3. The molecule has 3 nitrogen and oxygen atoms in total. The van der Waals surface area contributed by atoms with E-state index in [0.29, 0.717) is 16.1 Å². The molecule has 1 unspecified atom stereocenters. The zero-order valence-corrected chi connectivity index (χ0v) is 10.5. The van der Waals surface area contributed by atoms with Gasteiger partial charge >= 0.3 is 0 Å². The van der Waals surface area contributed by atoms with Crippen LogP contribution < -0.4 is 5.73 Å². The smallest absolute Gasteiger partial charge is 0.125 e. The fraction of sp³-hybridized carbons (Fsp3) is 0.500. The zero-order chi connectivity index (χ0) is 12.5. The van der Waals surface area contributed by atoms with E-state index >= 15 is 0 Å². The van der Waals surface area contributed by atoms with Crippen LogP contribution in [0.1, 0.15) is 42.6 Å². The van der Waals surface area contributed by atoms with Gasteiger partial charge in [-0.1, -0.05) is 25.4 Å². The van der Waals surface area contributed by atoms with Crippen molar-refractivity contribution < 1.29 is 10.2 Å². The van der Waals surface area contributed by atoms with Crippen molar-refractivity contribution in [3.05, 3.63) is 27.8 Å². The van der Waals surface area contributed by atoms with Crippen LogP contribution in [0, 0.1) is 6.92 Å². The monoisotopic (exact) mass is 243 g/mol. The Kier molecular flexibility index (Phi) is 4.19. The summed E-state index contributed by atoms with van der Waals surface area (Å²) in [7, 11) is 0. The maximum absolute atomic E-state index is 10.1. The molecule has 0 heterocycles. The van der Waals surface area contributed by atoms with E-state index in [1.165, 1.54) is 0 Å². The average molecular weight is 244 g/mol. The molecule has 1 rings (SSSR count). The number of aromatic hydroxyl groups is 1. The van der Waals surface area contributed by atoms with Crippen LogP contribution in [0.25, 0.3) is 0 Å². The standard InChI is InChI=1S/C12H18ClNO2/c1-6(2)8-4-9(13)7(3)11(12(8)16)10(15)5-14/h4,6,10,15-16H,5,14H2,1-3H3. The molecule has 4 heteroatoms. The van der Waals surface area contributed by atoms with Gasteiger partial charge in [0.15, 0.2) is 0 Å². The second kappa shape index (κ2) is 5.04. The summed E-state index contributed by atoms with van der Waals surface area (Å²) >= 11 is 6.07. The molecule has 0 saturated carbocycles. The Morgan fingerprint density at radius 2 is 2.00 bits per heavy atom. The maximum atomic E-state index is 10.1. The second-order valence-corrected chi connectivity index (χ2v) is 4.65. The number of hydrogen-bond acceptors (Lipinski definition) is 3. The van der Waals surface area contributed by atoms with Gasteiger partial charge < -0.3 is 15.9 Å². The molecule has 0 aliphatic rings. The number of aliphatic hydroxyl groups is 1. The largest absolute Gasteiger partial charge is 0.507 e. The summed E-state index contributed by atoms with van der Waals surface area (Å²) in [5.41, 5.74) is 7.27. The van der Waals surface area contributed by atoms with E-state index in [1.807, 2.05) is 13.8 Å². The molecule has 0 radical (unpaired) electrons. The van der Waals surface area contributed by atoms with Crippen LogP contribution in [0.2, 0.25) is 5.02 Å². The highest BCUT2D eigenvalue weighted by atomic mass is 35.5. The third kappa shape index (κ3) is 2.32. The highest BCUT2D eigenvalue weighted by Gasteiger charge is 2.20. The van der Waals surface area contributed by atoms with Gasteiger partial charge in [0.1, 0.15) is 5.75 Å². The lowest BCUT2D eigenvalue weighted by molar-refractivity contribution is 0.181. The molecule has 0 spiro atoms. The van der Waals surface area contributed by atoms with Crippen LogP contribution in [-0.2, 0) is 0 Å². The number of hydrogen-bond donors (Lipinski definition) is 3. The summed E-state index contributed by atoms with van der Waals surface area (Å²) in [6.45, 7) is 5.74. The van der Waals surface area contributed by atoms with Crippen molar-refractivity contribution in [2.75, 3.05) is 6.54 Å². The van der Waals surface area contributed by atoms with Gasteiger partial charge in [-0.2, -0.15) is 0 Å². The normalized spacial score (nSPS) is 13.2. The van der Waals surface area contributed by atoms with Crippen molar-refractivity contribution in [1.29, 1.82) is 0 Å². The molecule has 0 aromatic heterocycles. The SMILES string of the molecule is Cc1c(Cl)cc(C(C)C)c(O)c1C(O)CN. The predicted octanol–water partition coefficient (Wildman–Crippen LogP) is 2.47. The summed E-state index contributed by atoms with van der Waals surface area (Å²) in [4.78, 5) is 0. The summed E-state index contributed by atoms with van der Waals surface area (Å²) < 4.78 is 0. The van der Waals surface area contributed by atoms with Gasteiger partial charge in [-0.3, -0.25) is 0 Å². The molecule has 1 aromatic carbocycles. The van der Waals surface area contributed by atoms with Gasteiger partial charge in [0.05, 0.1) is 6.10 Å². The Hall–Kier alpha value is -0.770. The van der Waals surface area contributed by atoms with Crippen molar-refractivity contribution in [2.24, 2.45) is 5.73 Å². The summed E-state index contributed by atoms with van der Waals surface area (Å²) in [6.07, 6.45) is -0.879. The van der Waals surface area contributed by atoms with Crippen LogP contribution in [0.5, 0.6) is 5.75 Å². The van der Waals surface area contributed by atoms with Crippen molar-refractivity contribution in [3.8, 4) is 5.75 Å². The minimum Gasteiger partial charge on any atom is -0.507 e. The van der Waals surface area contributed by atoms with Crippen LogP contribution in [0.15, 0.2) is 6.07 Å². The molecule has 0 saturated heterocycles. The molecule has 0 aliphatic carbocycles. The topological polar surface area (TPSA) is 66.5 Å². The number of nitrogens with two attached hydrogens (primary N) is 1. The lowest BCUT2D eigenvalue weighted by atomic mass is 9.93. The molecule has 1 aromatic rings. The predicted molar refractivity (Wildman–Crippen MR) is 66.0 cm³/mol. The summed E-state index contributed by atoms with van der Waals surface area (Å²) in [6, 6.07) is 1.74. The van der Waals surface area contributed by atoms with Gasteiger partial charge in [0.25, 0.3) is 0 Å². The first-order valence-corrected chi connectivity index (χ1v) is 5.67. The number of aliphatic hydroxyl groups excluding tert-OH is 1. The van der Waals surface area contributed by atoms with Gasteiger partial charge in [0.2, 0.25) is 0 Å². The lowest BCUT2D eigenvalue weighted by Crippen LogP contribution is -2.14. The fourth-order valence-corrected chi connectivity index (χ4v) is 1.96. The third-order valence-corrected chi connectivity index (χ3v) is 3.14. The Balaban J connectivity index is 3.45. The Labute approximate surface area is 101 Å². The highest BCUT2D eigenvalue weighted by Crippen LogP contribution is 2.38. The quantitative estimate of drug-likeness (QED) is 0.764. The minimum absolute atomic E-state index is 0.0618. The van der Waals surface area contributed by atoms with Gasteiger partial charge in [0, 0.05) is 17.1 Å². The third-order valence-electron chi connectivity index (χ3n) is 2.75. The number of halogens is 1. The first-order valence-electron chi connectivity index (χ1n) is 5.30. The molecule has 0 aliphatic heterocycles. The molecule has 16 heavy (non-hydrogen) atoms. The van der Waals surface area contributed by atoms with E-state index in [0.717, 1.165) is 5.56 Å². The molecule has 0 amide bonds. The number of phenolic OH excluding ortho intramolecular Hbond substituents is 1. The number of rotatable bonds is 3. The maximum Gasteiger partial charge on any atom is 0.125 e. The zero-order valence-electron chi connectivity index (χ0n) is 9.79. The molecular weight excluding hydrogens is 226 g/mol. The van der Waals surface area contributed by atoms with E-state index in [9.17, 15) is 10.2 Å². The molecular formula is C12H18ClNO2. The van der Waals surface area contributed by atoms with E-state index in [4.69, 9.17) is 17.3 Å². The van der Waals surface area contributed by atoms with Gasteiger partial charge in [-0.05, 0) is 30.0 Å². The Morgan fingerprint density at radius 3 is 2.44 bits per heavy atom. The minimum atomic E-state index is -0.879. The van der Waals surface area contributed by atoms with Gasteiger partial charge in [-0.25, -0.2) is 0 Å². The van der Waals surface area contributed by atoms with E-state index in [-0.39, 0.29) is 18.2 Å². The molecule has 0 bridgehead atoms. The van der Waals surface area contributed by atoms with E-state index < -0.39 is 6.10 Å². The Bertz CT molecular complexity index is 391. The van der Waals surface area contributed by atoms with Crippen LogP contribution in [-0.4, -0.2) is 16.8 Å². The first-order chi connectivity index (χ1) is 7.40. The van der Waals surface area contributed by atoms with Crippen molar-refractivity contribution in [2.45, 2.75) is 32.8 Å². The van der Waals surface area contributed by atoms with Crippen molar-refractivity contribution in [1.82, 2.24) is 0 Å². The molecule has 1 atom stereocenters. The van der Waals surface area contributed by atoms with Crippen LogP contribution >= 0.6 is 11.6 Å². The molecule has 0 fully saturated rings. The van der Waals surface area contributed by atoms with E-state index in [2.05, 4.69) is 0 Å². The number of benzene rings is 1. The Morgan fingerprint density at radius 1 is 1.44 bits per heavy atom. The second-order valence-electron chi connectivity index (χ2n) is 4.24. The van der Waals surface area contributed by atoms with Crippen molar-refractivity contribution in [3.63, 3.8) is 0 Å². The fourth-order valence-electron chi connectivity index (χ4n) is 1.74. The summed E-state index contributed by atoms with van der Waals surface area (Å²) in [5, 5.41) is 20.4. The highest BCUT2D eigenvalue weighted by molar-refractivity contribution is 6.31. The lowest BCUT2D eigenvalue weighted by Gasteiger charge is -2.19. The van der Waals surface area contributed by atoms with Crippen LogP contribution in [0.4, 0.5) is 0 Å². The van der Waals surface area contributed by atoms with E-state index in [1.54, 1.807) is 13.0 Å². The molecule has 4 N–H and O–H groups in total. The average Bonchev–Trinajstić information content (AvgIpc) is 2.22. The van der Waals surface area contributed by atoms with Crippen molar-refractivity contribution >= 4 is 11.6 Å². The van der Waals surface area contributed by atoms with Gasteiger partial charge in [-0.15, -0.1) is 0 Å². The molecule has 90 valence electrons. The summed E-state index contributed by atoms with van der Waals surface area (Å²) in [5.74, 6) is 0.247. The van der Waals surface area contributed by atoms with Crippen LogP contribution in [0.3, 0.4) is 0 Å².